The number of nitrogens with zero attached hydrogens (tertiary/aromatic N) is 4. The number of piperidine rings is 1. The van der Waals surface area contributed by atoms with Crippen LogP contribution in [0.3, 0.4) is 0 Å². The summed E-state index contributed by atoms with van der Waals surface area (Å²) in [6.07, 6.45) is 2.47. The third kappa shape index (κ3) is 5.25. The number of carbonyl (C=O) groups excluding carboxylic acids is 3. The maximum atomic E-state index is 12.9. The molecule has 3 rings (SSSR count). The Hall–Kier alpha value is -2.03. The molecule has 8 nitrogen and oxygen atoms in total. The first-order valence-electron chi connectivity index (χ1n) is 11.2. The summed E-state index contributed by atoms with van der Waals surface area (Å²) < 4.78 is 0. The average molecular weight is 450 g/mol. The van der Waals surface area contributed by atoms with Gasteiger partial charge in [0.2, 0.25) is 22.9 Å². The van der Waals surface area contributed by atoms with E-state index in [1.165, 1.54) is 11.3 Å². The molecule has 2 fully saturated rings. The Morgan fingerprint density at radius 3 is 2.29 bits per heavy atom. The average Bonchev–Trinajstić information content (AvgIpc) is 3.34. The predicted octanol–water partition coefficient (Wildman–Crippen LogP) is 3.05. The second-order valence-corrected chi connectivity index (χ2v) is 11.3. The maximum absolute atomic E-state index is 12.9. The molecule has 172 valence electrons. The van der Waals surface area contributed by atoms with Gasteiger partial charge in [-0.05, 0) is 40.0 Å². The number of carbonyl (C=O) groups is 3. The van der Waals surface area contributed by atoms with Crippen molar-refractivity contribution in [3.05, 3.63) is 5.01 Å². The van der Waals surface area contributed by atoms with Crippen molar-refractivity contribution < 1.29 is 14.4 Å². The van der Waals surface area contributed by atoms with E-state index in [9.17, 15) is 14.4 Å². The van der Waals surface area contributed by atoms with Crippen molar-refractivity contribution in [2.24, 2.45) is 11.8 Å². The number of likely N-dealkylation sites (tertiary alicyclic amines) is 2. The Labute approximate surface area is 188 Å². The minimum atomic E-state index is -0.279. The van der Waals surface area contributed by atoms with Crippen molar-refractivity contribution in [1.29, 1.82) is 0 Å². The number of anilines is 1. The molecule has 3 heterocycles. The van der Waals surface area contributed by atoms with E-state index in [4.69, 9.17) is 0 Å². The summed E-state index contributed by atoms with van der Waals surface area (Å²) in [4.78, 5) is 41.6. The van der Waals surface area contributed by atoms with Crippen LogP contribution in [0.25, 0.3) is 0 Å². The quantitative estimate of drug-likeness (QED) is 0.745. The van der Waals surface area contributed by atoms with E-state index in [1.807, 2.05) is 25.7 Å². The Bertz CT molecular complexity index is 836. The molecule has 2 saturated heterocycles. The van der Waals surface area contributed by atoms with Gasteiger partial charge in [-0.3, -0.25) is 14.4 Å². The minimum absolute atomic E-state index is 0.0366. The lowest BCUT2D eigenvalue weighted by Crippen LogP contribution is -2.46. The SMILES string of the molecule is CCC(C)(C)c1nnc(NC(=O)C2CCN(C(=O)C3CC(=O)N(C(C)(C)C)C3)CC2)s1. The summed E-state index contributed by atoms with van der Waals surface area (Å²) in [6.45, 7) is 13.9. The van der Waals surface area contributed by atoms with Crippen LogP contribution in [-0.4, -0.2) is 62.9 Å². The van der Waals surface area contributed by atoms with Crippen molar-refractivity contribution in [3.8, 4) is 0 Å². The van der Waals surface area contributed by atoms with Gasteiger partial charge in [0.05, 0.1) is 5.92 Å². The number of rotatable bonds is 5. The first-order chi connectivity index (χ1) is 14.4. The highest BCUT2D eigenvalue weighted by Crippen LogP contribution is 2.32. The molecule has 3 amide bonds. The number of aromatic nitrogens is 2. The highest BCUT2D eigenvalue weighted by molar-refractivity contribution is 7.15. The molecule has 2 aliphatic rings. The van der Waals surface area contributed by atoms with Crippen LogP contribution in [0.15, 0.2) is 0 Å². The van der Waals surface area contributed by atoms with E-state index >= 15 is 0 Å². The van der Waals surface area contributed by atoms with E-state index in [-0.39, 0.29) is 46.9 Å². The van der Waals surface area contributed by atoms with E-state index in [2.05, 4.69) is 36.3 Å². The van der Waals surface area contributed by atoms with Gasteiger partial charge in [0, 0.05) is 42.9 Å². The molecular formula is C22H35N5O3S. The lowest BCUT2D eigenvalue weighted by molar-refractivity contribution is -0.138. The molecular weight excluding hydrogens is 414 g/mol. The summed E-state index contributed by atoms with van der Waals surface area (Å²) in [6, 6.07) is 0. The maximum Gasteiger partial charge on any atom is 0.229 e. The van der Waals surface area contributed by atoms with Crippen molar-refractivity contribution in [1.82, 2.24) is 20.0 Å². The standard InChI is InChI=1S/C22H35N5O3S/c1-7-22(5,6)19-24-25-20(31-19)23-17(29)14-8-10-26(11-9-14)18(30)15-12-16(28)27(13-15)21(2,3)4/h14-15H,7-13H2,1-6H3,(H,23,25,29). The number of hydrogen-bond donors (Lipinski definition) is 1. The minimum Gasteiger partial charge on any atom is -0.342 e. The Morgan fingerprint density at radius 1 is 1.10 bits per heavy atom. The lowest BCUT2D eigenvalue weighted by Gasteiger charge is -2.34. The van der Waals surface area contributed by atoms with Crippen LogP contribution in [0.4, 0.5) is 5.13 Å². The first-order valence-corrected chi connectivity index (χ1v) is 12.0. The molecule has 1 aromatic rings. The molecule has 0 saturated carbocycles. The van der Waals surface area contributed by atoms with Crippen LogP contribution < -0.4 is 5.32 Å². The van der Waals surface area contributed by atoms with Gasteiger partial charge in [-0.25, -0.2) is 0 Å². The zero-order valence-corrected chi connectivity index (χ0v) is 20.3. The Balaban J connectivity index is 1.51. The molecule has 0 aromatic carbocycles. The molecule has 0 bridgehead atoms. The van der Waals surface area contributed by atoms with E-state index < -0.39 is 0 Å². The largest absolute Gasteiger partial charge is 0.342 e. The molecule has 1 atom stereocenters. The van der Waals surface area contributed by atoms with Gasteiger partial charge in [0.15, 0.2) is 0 Å². The van der Waals surface area contributed by atoms with Gasteiger partial charge >= 0.3 is 0 Å². The molecule has 0 aliphatic carbocycles. The smallest absolute Gasteiger partial charge is 0.229 e. The monoisotopic (exact) mass is 449 g/mol. The van der Waals surface area contributed by atoms with Gasteiger partial charge in [-0.2, -0.15) is 0 Å². The third-order valence-corrected chi connectivity index (χ3v) is 7.78. The van der Waals surface area contributed by atoms with Crippen LogP contribution in [0.1, 0.15) is 72.2 Å². The molecule has 0 spiro atoms. The van der Waals surface area contributed by atoms with Crippen LogP contribution in [0.2, 0.25) is 0 Å². The molecule has 2 aliphatic heterocycles. The van der Waals surface area contributed by atoms with Crippen molar-refractivity contribution in [3.63, 3.8) is 0 Å². The fourth-order valence-electron chi connectivity index (χ4n) is 4.05. The zero-order chi connectivity index (χ0) is 23.0. The first kappa shape index (κ1) is 23.6. The number of hydrogen-bond acceptors (Lipinski definition) is 6. The fraction of sp³-hybridized carbons (Fsp3) is 0.773. The molecule has 0 radical (unpaired) electrons. The van der Waals surface area contributed by atoms with Gasteiger partial charge in [-0.15, -0.1) is 10.2 Å². The second kappa shape index (κ2) is 8.84. The van der Waals surface area contributed by atoms with Gasteiger partial charge < -0.3 is 15.1 Å². The fourth-order valence-corrected chi connectivity index (χ4v) is 4.97. The summed E-state index contributed by atoms with van der Waals surface area (Å²) in [5.41, 5.74) is -0.329. The number of nitrogens with one attached hydrogen (secondary N) is 1. The van der Waals surface area contributed by atoms with Gasteiger partial charge in [-0.1, -0.05) is 32.1 Å². The van der Waals surface area contributed by atoms with Crippen LogP contribution in [0.5, 0.6) is 0 Å². The van der Waals surface area contributed by atoms with Gasteiger partial charge in [0.25, 0.3) is 0 Å². The summed E-state index contributed by atoms with van der Waals surface area (Å²) in [5.74, 6) is -0.401. The van der Waals surface area contributed by atoms with Crippen LogP contribution in [-0.2, 0) is 19.8 Å². The molecule has 1 N–H and O–H groups in total. The summed E-state index contributed by atoms with van der Waals surface area (Å²) in [7, 11) is 0. The zero-order valence-electron chi connectivity index (χ0n) is 19.5. The van der Waals surface area contributed by atoms with Crippen LogP contribution in [0, 0.1) is 11.8 Å². The Morgan fingerprint density at radius 2 is 1.74 bits per heavy atom. The second-order valence-electron chi connectivity index (χ2n) is 10.3. The van der Waals surface area contributed by atoms with Crippen molar-refractivity contribution >= 4 is 34.2 Å². The lowest BCUT2D eigenvalue weighted by atomic mass is 9.91. The molecule has 31 heavy (non-hydrogen) atoms. The van der Waals surface area contributed by atoms with Crippen molar-refractivity contribution in [2.75, 3.05) is 25.0 Å². The van der Waals surface area contributed by atoms with Crippen molar-refractivity contribution in [2.45, 2.75) is 78.2 Å². The van der Waals surface area contributed by atoms with E-state index in [0.717, 1.165) is 11.4 Å². The third-order valence-electron chi connectivity index (χ3n) is 6.58. The topological polar surface area (TPSA) is 95.5 Å². The highest BCUT2D eigenvalue weighted by atomic mass is 32.1. The van der Waals surface area contributed by atoms with E-state index in [0.29, 0.717) is 37.6 Å². The molecule has 9 heteroatoms. The normalized spacial score (nSPS) is 21.0. The van der Waals surface area contributed by atoms with Crippen LogP contribution >= 0.6 is 11.3 Å². The molecule has 1 aromatic heterocycles. The number of amides is 3. The van der Waals surface area contributed by atoms with Gasteiger partial charge in [0.1, 0.15) is 5.01 Å². The summed E-state index contributed by atoms with van der Waals surface area (Å²) in [5, 5.41) is 12.7. The summed E-state index contributed by atoms with van der Waals surface area (Å²) >= 11 is 1.43. The molecule has 1 unspecified atom stereocenters. The predicted molar refractivity (Wildman–Crippen MR) is 121 cm³/mol. The highest BCUT2D eigenvalue weighted by Gasteiger charge is 2.41. The van der Waals surface area contributed by atoms with E-state index in [1.54, 1.807) is 4.90 Å². The Kier molecular flexibility index (Phi) is 6.74.